The van der Waals surface area contributed by atoms with Crippen LogP contribution in [0.4, 0.5) is 8.78 Å². The Bertz CT molecular complexity index is 956. The van der Waals surface area contributed by atoms with Crippen LogP contribution >= 0.6 is 27.7 Å². The zero-order chi connectivity index (χ0) is 18.7. The summed E-state index contributed by atoms with van der Waals surface area (Å²) in [6.07, 6.45) is 7.51. The number of imidazole rings is 1. The van der Waals surface area contributed by atoms with E-state index in [2.05, 4.69) is 30.9 Å². The van der Waals surface area contributed by atoms with Gasteiger partial charge >= 0.3 is 0 Å². The minimum Gasteiger partial charge on any atom is -0.283 e. The quantitative estimate of drug-likeness (QED) is 0.301. The molecule has 0 saturated heterocycles. The largest absolute Gasteiger partial charge is 0.291 e. The van der Waals surface area contributed by atoms with Gasteiger partial charge in [-0.3, -0.25) is 4.57 Å². The standard InChI is InChI=1S/C18H15BrF2N4S/c1-3-8-18(20,21)13-6-4-5-12(10-13)16-23-14(19)11-25(16)15-7-9-22-17(24-15)26-2/h3-11H,1-2H3/b8-3+. The van der Waals surface area contributed by atoms with Crippen molar-refractivity contribution < 1.29 is 8.78 Å². The zero-order valence-corrected chi connectivity index (χ0v) is 16.4. The van der Waals surface area contributed by atoms with Crippen molar-refractivity contribution in [3.05, 3.63) is 65.0 Å². The summed E-state index contributed by atoms with van der Waals surface area (Å²) < 4.78 is 30.8. The summed E-state index contributed by atoms with van der Waals surface area (Å²) in [4.78, 5) is 13.0. The predicted molar refractivity (Wildman–Crippen MR) is 103 cm³/mol. The normalized spacial score (nSPS) is 12.0. The third-order valence-electron chi connectivity index (χ3n) is 3.61. The monoisotopic (exact) mass is 436 g/mol. The van der Waals surface area contributed by atoms with E-state index in [0.29, 0.717) is 27.0 Å². The Morgan fingerprint density at radius 1 is 1.23 bits per heavy atom. The third-order valence-corrected chi connectivity index (χ3v) is 4.55. The van der Waals surface area contributed by atoms with Crippen molar-refractivity contribution in [2.24, 2.45) is 0 Å². The molecular formula is C18H15BrF2N4S. The first-order chi connectivity index (χ1) is 12.4. The van der Waals surface area contributed by atoms with Crippen molar-refractivity contribution in [1.29, 1.82) is 0 Å². The molecule has 0 amide bonds. The molecule has 8 heteroatoms. The summed E-state index contributed by atoms with van der Waals surface area (Å²) in [5, 5.41) is 0.617. The van der Waals surface area contributed by atoms with Gasteiger partial charge in [-0.1, -0.05) is 36.0 Å². The molecule has 0 spiro atoms. The highest BCUT2D eigenvalue weighted by Crippen LogP contribution is 2.33. The van der Waals surface area contributed by atoms with Crippen molar-refractivity contribution in [2.45, 2.75) is 18.0 Å². The molecule has 1 aromatic carbocycles. The van der Waals surface area contributed by atoms with E-state index < -0.39 is 5.92 Å². The molecule has 3 rings (SSSR count). The Morgan fingerprint density at radius 2 is 2.04 bits per heavy atom. The predicted octanol–water partition coefficient (Wildman–Crippen LogP) is 5.48. The molecule has 0 radical (unpaired) electrons. The van der Waals surface area contributed by atoms with Crippen LogP contribution in [0.25, 0.3) is 17.2 Å². The molecule has 3 aromatic rings. The number of hydrogen-bond acceptors (Lipinski definition) is 4. The van der Waals surface area contributed by atoms with Gasteiger partial charge in [0, 0.05) is 23.5 Å². The molecule has 0 saturated carbocycles. The minimum absolute atomic E-state index is 0.0914. The van der Waals surface area contributed by atoms with Crippen molar-refractivity contribution in [2.75, 3.05) is 6.26 Å². The lowest BCUT2D eigenvalue weighted by Gasteiger charge is -2.14. The van der Waals surface area contributed by atoms with Gasteiger partial charge in [-0.2, -0.15) is 8.78 Å². The Hall–Kier alpha value is -2.06. The number of alkyl halides is 2. The van der Waals surface area contributed by atoms with E-state index in [0.717, 1.165) is 6.08 Å². The Morgan fingerprint density at radius 3 is 2.77 bits per heavy atom. The van der Waals surface area contributed by atoms with Crippen LogP contribution < -0.4 is 0 Å². The molecule has 0 fully saturated rings. The lowest BCUT2D eigenvalue weighted by Crippen LogP contribution is -2.09. The first-order valence-electron chi connectivity index (χ1n) is 7.69. The van der Waals surface area contributed by atoms with Gasteiger partial charge in [0.2, 0.25) is 0 Å². The highest BCUT2D eigenvalue weighted by Gasteiger charge is 2.28. The maximum atomic E-state index is 14.2. The number of benzene rings is 1. The van der Waals surface area contributed by atoms with Gasteiger partial charge in [0.15, 0.2) is 5.16 Å². The molecule has 2 heterocycles. The second-order valence-corrected chi connectivity index (χ2v) is 6.95. The first kappa shape index (κ1) is 18.7. The first-order valence-corrected chi connectivity index (χ1v) is 9.71. The van der Waals surface area contributed by atoms with Crippen LogP contribution in [-0.2, 0) is 5.92 Å². The van der Waals surface area contributed by atoms with Crippen LogP contribution in [-0.4, -0.2) is 25.8 Å². The smallest absolute Gasteiger partial charge is 0.283 e. The Kier molecular flexibility index (Phi) is 5.52. The van der Waals surface area contributed by atoms with Gasteiger partial charge in [0.1, 0.15) is 16.2 Å². The molecule has 0 unspecified atom stereocenters. The fourth-order valence-electron chi connectivity index (χ4n) is 2.47. The molecule has 0 bridgehead atoms. The van der Waals surface area contributed by atoms with E-state index in [9.17, 15) is 8.78 Å². The second kappa shape index (κ2) is 7.67. The topological polar surface area (TPSA) is 43.6 Å². The van der Waals surface area contributed by atoms with E-state index in [1.165, 1.54) is 30.0 Å². The van der Waals surface area contributed by atoms with E-state index in [1.54, 1.807) is 42.1 Å². The van der Waals surface area contributed by atoms with Crippen LogP contribution in [0.15, 0.2) is 64.6 Å². The summed E-state index contributed by atoms with van der Waals surface area (Å²) in [5.74, 6) is -1.91. The fourth-order valence-corrected chi connectivity index (χ4v) is 3.19. The van der Waals surface area contributed by atoms with E-state index in [4.69, 9.17) is 0 Å². The maximum Gasteiger partial charge on any atom is 0.291 e. The molecule has 0 aliphatic rings. The lowest BCUT2D eigenvalue weighted by atomic mass is 10.0. The molecular weight excluding hydrogens is 422 g/mol. The van der Waals surface area contributed by atoms with Crippen LogP contribution in [0.2, 0.25) is 0 Å². The summed E-state index contributed by atoms with van der Waals surface area (Å²) in [6.45, 7) is 1.57. The number of halogens is 3. The maximum absolute atomic E-state index is 14.2. The van der Waals surface area contributed by atoms with Crippen LogP contribution in [0, 0.1) is 0 Å². The number of allylic oxidation sites excluding steroid dienone is 2. The van der Waals surface area contributed by atoms with Crippen molar-refractivity contribution >= 4 is 27.7 Å². The van der Waals surface area contributed by atoms with E-state index >= 15 is 0 Å². The van der Waals surface area contributed by atoms with Crippen molar-refractivity contribution in [3.8, 4) is 17.2 Å². The van der Waals surface area contributed by atoms with Gasteiger partial charge in [-0.05, 0) is 47.3 Å². The van der Waals surface area contributed by atoms with Gasteiger partial charge in [-0.15, -0.1) is 0 Å². The highest BCUT2D eigenvalue weighted by atomic mass is 79.9. The molecule has 0 aliphatic heterocycles. The van der Waals surface area contributed by atoms with Gasteiger partial charge < -0.3 is 0 Å². The van der Waals surface area contributed by atoms with Crippen molar-refractivity contribution in [3.63, 3.8) is 0 Å². The Balaban J connectivity index is 2.11. The average Bonchev–Trinajstić information content (AvgIpc) is 3.04. The summed E-state index contributed by atoms with van der Waals surface area (Å²) in [6, 6.07) is 7.94. The average molecular weight is 437 g/mol. The summed E-state index contributed by atoms with van der Waals surface area (Å²) in [5.41, 5.74) is 0.480. The van der Waals surface area contributed by atoms with Crippen LogP contribution in [0.5, 0.6) is 0 Å². The molecule has 134 valence electrons. The molecule has 0 aliphatic carbocycles. The molecule has 0 N–H and O–H groups in total. The van der Waals surface area contributed by atoms with E-state index in [-0.39, 0.29) is 5.56 Å². The zero-order valence-electron chi connectivity index (χ0n) is 14.0. The van der Waals surface area contributed by atoms with Gasteiger partial charge in [0.05, 0.1) is 0 Å². The van der Waals surface area contributed by atoms with E-state index in [1.807, 2.05) is 6.26 Å². The van der Waals surface area contributed by atoms with Crippen molar-refractivity contribution in [1.82, 2.24) is 19.5 Å². The second-order valence-electron chi connectivity index (χ2n) is 5.36. The molecule has 0 atom stereocenters. The van der Waals surface area contributed by atoms with Crippen LogP contribution in [0.1, 0.15) is 12.5 Å². The lowest BCUT2D eigenvalue weighted by molar-refractivity contribution is 0.0520. The minimum atomic E-state index is -3.04. The molecule has 2 aromatic heterocycles. The molecule has 26 heavy (non-hydrogen) atoms. The third kappa shape index (κ3) is 3.86. The Labute approximate surface area is 162 Å². The number of rotatable bonds is 5. The number of aromatic nitrogens is 4. The summed E-state index contributed by atoms with van der Waals surface area (Å²) in [7, 11) is 0. The van der Waals surface area contributed by atoms with Crippen LogP contribution in [0.3, 0.4) is 0 Å². The fraction of sp³-hybridized carbons (Fsp3) is 0.167. The number of thioether (sulfide) groups is 1. The SMILES string of the molecule is C/C=C/C(F)(F)c1cccc(-c2nc(Br)cn2-c2ccnc(SC)n2)c1. The number of hydrogen-bond donors (Lipinski definition) is 0. The highest BCUT2D eigenvalue weighted by molar-refractivity contribution is 9.10. The van der Waals surface area contributed by atoms with Gasteiger partial charge in [-0.25, -0.2) is 15.0 Å². The van der Waals surface area contributed by atoms with Gasteiger partial charge in [0.25, 0.3) is 5.92 Å². The summed E-state index contributed by atoms with van der Waals surface area (Å²) >= 11 is 4.78. The number of nitrogens with zero attached hydrogens (tertiary/aromatic N) is 4. The molecule has 4 nitrogen and oxygen atoms in total.